The number of nitrogens with one attached hydrogen (secondary N) is 2. The third-order valence-electron chi connectivity index (χ3n) is 7.94. The van der Waals surface area contributed by atoms with Crippen LogP contribution in [-0.4, -0.2) is 82.2 Å². The Morgan fingerprint density at radius 3 is 2.37 bits per heavy atom. The summed E-state index contributed by atoms with van der Waals surface area (Å²) in [5.41, 5.74) is 2.38. The van der Waals surface area contributed by atoms with Crippen LogP contribution < -0.4 is 29.6 Å². The molecule has 38 heavy (non-hydrogen) atoms. The maximum Gasteiger partial charge on any atom is 0.310 e. The van der Waals surface area contributed by atoms with Gasteiger partial charge in [0.25, 0.3) is 0 Å². The first-order valence-corrected chi connectivity index (χ1v) is 12.8. The highest BCUT2D eigenvalue weighted by atomic mass is 16.7. The van der Waals surface area contributed by atoms with Crippen LogP contribution in [0.15, 0.2) is 24.3 Å². The number of carbonyl (C=O) groups excluding carboxylic acids is 2. The molecule has 202 valence electrons. The van der Waals surface area contributed by atoms with E-state index < -0.39 is 17.9 Å². The third-order valence-corrected chi connectivity index (χ3v) is 7.94. The summed E-state index contributed by atoms with van der Waals surface area (Å²) in [7, 11) is 2.92. The van der Waals surface area contributed by atoms with E-state index in [2.05, 4.69) is 15.5 Å². The predicted octanol–water partition coefficient (Wildman–Crippen LogP) is 1.14. The highest BCUT2D eigenvalue weighted by Gasteiger charge is 2.53. The van der Waals surface area contributed by atoms with Gasteiger partial charge >= 0.3 is 5.97 Å². The molecule has 2 aromatic carbocycles. The van der Waals surface area contributed by atoms with E-state index in [1.807, 2.05) is 12.1 Å². The Hall–Kier alpha value is -3.70. The number of esters is 1. The van der Waals surface area contributed by atoms with Gasteiger partial charge in [-0.05, 0) is 41.0 Å². The zero-order valence-electron chi connectivity index (χ0n) is 21.3. The minimum absolute atomic E-state index is 0.0959. The van der Waals surface area contributed by atoms with Crippen LogP contribution in [-0.2, 0) is 14.3 Å². The van der Waals surface area contributed by atoms with Gasteiger partial charge in [-0.3, -0.25) is 14.5 Å². The number of ether oxygens (including phenoxy) is 5. The van der Waals surface area contributed by atoms with Crippen LogP contribution >= 0.6 is 0 Å². The lowest BCUT2D eigenvalue weighted by molar-refractivity contribution is -0.141. The minimum Gasteiger partial charge on any atom is -0.502 e. The van der Waals surface area contributed by atoms with Crippen molar-refractivity contribution >= 4 is 11.9 Å². The van der Waals surface area contributed by atoms with Crippen molar-refractivity contribution in [2.24, 2.45) is 11.8 Å². The van der Waals surface area contributed by atoms with Gasteiger partial charge in [0.05, 0.1) is 39.3 Å². The number of nitrogens with zero attached hydrogens (tertiary/aromatic N) is 1. The third kappa shape index (κ3) is 4.15. The Morgan fingerprint density at radius 2 is 1.71 bits per heavy atom. The summed E-state index contributed by atoms with van der Waals surface area (Å²) in [4.78, 5) is 28.6. The lowest BCUT2D eigenvalue weighted by Gasteiger charge is -2.40. The van der Waals surface area contributed by atoms with Crippen molar-refractivity contribution in [1.29, 1.82) is 0 Å². The van der Waals surface area contributed by atoms with Crippen LogP contribution in [0, 0.1) is 11.8 Å². The first-order valence-electron chi connectivity index (χ1n) is 12.8. The molecule has 3 N–H and O–H groups in total. The molecule has 2 aromatic rings. The Labute approximate surface area is 219 Å². The number of carbonyl (C=O) groups is 2. The summed E-state index contributed by atoms with van der Waals surface area (Å²) in [6.45, 7) is 3.84. The summed E-state index contributed by atoms with van der Waals surface area (Å²) >= 11 is 0. The van der Waals surface area contributed by atoms with Crippen molar-refractivity contribution in [3.05, 3.63) is 41.0 Å². The lowest BCUT2D eigenvalue weighted by atomic mass is 9.65. The second-order valence-corrected chi connectivity index (χ2v) is 9.98. The van der Waals surface area contributed by atoms with Gasteiger partial charge in [-0.2, -0.15) is 0 Å². The van der Waals surface area contributed by atoms with E-state index in [9.17, 15) is 14.7 Å². The molecule has 2 saturated heterocycles. The van der Waals surface area contributed by atoms with Crippen LogP contribution in [0.4, 0.5) is 0 Å². The van der Waals surface area contributed by atoms with E-state index in [0.29, 0.717) is 11.5 Å². The number of aromatic hydroxyl groups is 1. The molecular weight excluding hydrogens is 494 g/mol. The molecular formula is C27H31N3O8. The monoisotopic (exact) mass is 525 g/mol. The molecule has 0 radical (unpaired) electrons. The van der Waals surface area contributed by atoms with Crippen molar-refractivity contribution in [3.8, 4) is 28.7 Å². The van der Waals surface area contributed by atoms with Gasteiger partial charge in [0.1, 0.15) is 0 Å². The van der Waals surface area contributed by atoms with E-state index in [4.69, 9.17) is 23.7 Å². The summed E-state index contributed by atoms with van der Waals surface area (Å²) in [6.07, 6.45) is 0. The van der Waals surface area contributed by atoms with E-state index in [1.165, 1.54) is 14.2 Å². The number of phenolic OH excluding ortho intramolecular Hbond substituents is 1. The number of cyclic esters (lactones) is 1. The fourth-order valence-electron chi connectivity index (χ4n) is 6.13. The quantitative estimate of drug-likeness (QED) is 0.473. The second-order valence-electron chi connectivity index (χ2n) is 9.98. The molecule has 6 rings (SSSR count). The van der Waals surface area contributed by atoms with Crippen molar-refractivity contribution in [2.75, 3.05) is 60.3 Å². The van der Waals surface area contributed by atoms with E-state index in [1.54, 1.807) is 12.1 Å². The molecule has 3 heterocycles. The molecule has 4 unspecified atom stereocenters. The molecule has 11 heteroatoms. The SMILES string of the molecule is COc1cc(C2c3cc4c(cc3C(NC(=O)CN3CCNCC3)C3COC(=O)C23)OCO4)cc(OC)c1O. The lowest BCUT2D eigenvalue weighted by Crippen LogP contribution is -2.49. The van der Waals surface area contributed by atoms with E-state index >= 15 is 0 Å². The van der Waals surface area contributed by atoms with Crippen LogP contribution in [0.1, 0.15) is 28.7 Å². The molecule has 4 atom stereocenters. The van der Waals surface area contributed by atoms with Gasteiger partial charge in [-0.25, -0.2) is 0 Å². The first kappa shape index (κ1) is 24.6. The number of hydrogen-bond donors (Lipinski definition) is 3. The minimum atomic E-state index is -0.577. The number of hydrogen-bond acceptors (Lipinski definition) is 10. The largest absolute Gasteiger partial charge is 0.502 e. The van der Waals surface area contributed by atoms with Crippen LogP contribution in [0.2, 0.25) is 0 Å². The maximum absolute atomic E-state index is 13.2. The van der Waals surface area contributed by atoms with Crippen LogP contribution in [0.25, 0.3) is 0 Å². The summed E-state index contributed by atoms with van der Waals surface area (Å²) in [5.74, 6) is -0.277. The summed E-state index contributed by atoms with van der Waals surface area (Å²) in [5, 5.41) is 17.0. The Kier molecular flexibility index (Phi) is 6.40. The number of amides is 1. The number of rotatable bonds is 6. The van der Waals surface area contributed by atoms with Gasteiger partial charge in [-0.15, -0.1) is 0 Å². The summed E-state index contributed by atoms with van der Waals surface area (Å²) in [6, 6.07) is 6.74. The van der Waals surface area contributed by atoms with Gasteiger partial charge in [0.2, 0.25) is 18.4 Å². The number of benzene rings is 2. The number of phenols is 1. The smallest absolute Gasteiger partial charge is 0.310 e. The molecule has 0 saturated carbocycles. The van der Waals surface area contributed by atoms with Crippen molar-refractivity contribution in [1.82, 2.24) is 15.5 Å². The highest BCUT2D eigenvalue weighted by Crippen LogP contribution is 2.55. The fraction of sp³-hybridized carbons (Fsp3) is 0.481. The van der Waals surface area contributed by atoms with E-state index in [0.717, 1.165) is 42.9 Å². The average molecular weight is 526 g/mol. The Morgan fingerprint density at radius 1 is 1.05 bits per heavy atom. The predicted molar refractivity (Wildman–Crippen MR) is 134 cm³/mol. The Balaban J connectivity index is 1.44. The zero-order valence-corrected chi connectivity index (χ0v) is 21.3. The van der Waals surface area contributed by atoms with Crippen LogP contribution in [0.3, 0.4) is 0 Å². The normalized spacial score (nSPS) is 25.8. The topological polar surface area (TPSA) is 128 Å². The molecule has 3 aliphatic heterocycles. The van der Waals surface area contributed by atoms with Crippen LogP contribution in [0.5, 0.6) is 28.7 Å². The first-order chi connectivity index (χ1) is 18.5. The van der Waals surface area contributed by atoms with Crippen molar-refractivity contribution in [2.45, 2.75) is 12.0 Å². The van der Waals surface area contributed by atoms with Crippen molar-refractivity contribution in [3.63, 3.8) is 0 Å². The van der Waals surface area contributed by atoms with Crippen molar-refractivity contribution < 1.29 is 38.4 Å². The standard InChI is InChI=1S/C27H31N3O8/c1-34-20-7-14(8-21(35-2)26(20)32)23-15-9-18-19(38-13-37-18)10-16(15)25(17-12-36-27(33)24(17)23)29-22(31)11-30-5-3-28-4-6-30/h7-10,17,23-25,28,32H,3-6,11-13H2,1-2H3,(H,29,31). The zero-order chi connectivity index (χ0) is 26.4. The molecule has 11 nitrogen and oxygen atoms in total. The molecule has 4 aliphatic rings. The van der Waals surface area contributed by atoms with Gasteiger partial charge in [-0.1, -0.05) is 0 Å². The molecule has 0 aromatic heterocycles. The average Bonchev–Trinajstić information content (AvgIpc) is 3.55. The van der Waals surface area contributed by atoms with Gasteiger partial charge in [0, 0.05) is 38.0 Å². The molecule has 1 amide bonds. The number of fused-ring (bicyclic) bond motifs is 3. The second kappa shape index (κ2) is 9.88. The molecule has 1 aliphatic carbocycles. The van der Waals surface area contributed by atoms with Gasteiger partial charge in [0.15, 0.2) is 23.0 Å². The molecule has 0 spiro atoms. The van der Waals surface area contributed by atoms with Gasteiger partial charge < -0.3 is 39.4 Å². The molecule has 2 fully saturated rings. The highest BCUT2D eigenvalue weighted by molar-refractivity contribution is 5.81. The molecule has 0 bridgehead atoms. The summed E-state index contributed by atoms with van der Waals surface area (Å²) < 4.78 is 27.8. The van der Waals surface area contributed by atoms with E-state index in [-0.39, 0.29) is 55.0 Å². The fourth-order valence-corrected chi connectivity index (χ4v) is 6.13. The number of methoxy groups -OCH3 is 2. The maximum atomic E-state index is 13.2. The number of piperazine rings is 1. The Bertz CT molecular complexity index is 1240.